The second kappa shape index (κ2) is 4.91. The molecule has 0 amide bonds. The lowest BCUT2D eigenvalue weighted by Crippen LogP contribution is -2.55. The van der Waals surface area contributed by atoms with Gasteiger partial charge >= 0.3 is 0 Å². The van der Waals surface area contributed by atoms with Crippen molar-refractivity contribution in [3.05, 3.63) is 11.6 Å². The van der Waals surface area contributed by atoms with Gasteiger partial charge in [0.25, 0.3) is 0 Å². The number of allylic oxidation sites excluding steroid dienone is 1. The molecule has 3 nitrogen and oxygen atoms in total. The number of aliphatic hydroxyl groups excluding tert-OH is 2. The fourth-order valence-electron chi connectivity index (χ4n) is 6.61. The minimum atomic E-state index is -0.271. The van der Waals surface area contributed by atoms with Gasteiger partial charge in [-0.25, -0.2) is 0 Å². The maximum Gasteiger partial charge on any atom is 0.159 e. The van der Waals surface area contributed by atoms with Crippen molar-refractivity contribution in [1.29, 1.82) is 0 Å². The Kier molecular flexibility index (Phi) is 3.32. The summed E-state index contributed by atoms with van der Waals surface area (Å²) in [6, 6.07) is 0. The second-order valence-corrected chi connectivity index (χ2v) is 8.47. The summed E-state index contributed by atoms with van der Waals surface area (Å²) in [4.78, 5) is 12.8. The molecule has 4 rings (SSSR count). The fraction of sp³-hybridized carbons (Fsp3) is 0.842. The number of Topliss-reactive ketones (excluding diaryl/α,β-unsaturated/α-hetero) is 1. The topological polar surface area (TPSA) is 57.5 Å². The van der Waals surface area contributed by atoms with Crippen molar-refractivity contribution >= 4 is 5.78 Å². The van der Waals surface area contributed by atoms with Crippen LogP contribution < -0.4 is 0 Å². The van der Waals surface area contributed by atoms with Crippen LogP contribution in [0.4, 0.5) is 0 Å². The molecule has 3 heteroatoms. The van der Waals surface area contributed by atoms with E-state index in [0.717, 1.165) is 50.5 Å². The van der Waals surface area contributed by atoms with E-state index in [9.17, 15) is 15.0 Å². The van der Waals surface area contributed by atoms with Gasteiger partial charge in [0, 0.05) is 11.8 Å². The average molecular weight is 304 g/mol. The van der Waals surface area contributed by atoms with Crippen LogP contribution in [0.5, 0.6) is 0 Å². The van der Waals surface area contributed by atoms with Crippen molar-refractivity contribution in [2.24, 2.45) is 28.6 Å². The van der Waals surface area contributed by atoms with Crippen LogP contribution in [0.2, 0.25) is 0 Å². The lowest BCUT2D eigenvalue weighted by molar-refractivity contribution is -0.134. The third-order valence-electron chi connectivity index (χ3n) is 7.81. The molecule has 0 unspecified atom stereocenters. The van der Waals surface area contributed by atoms with Gasteiger partial charge in [-0.2, -0.15) is 0 Å². The molecule has 122 valence electrons. The van der Waals surface area contributed by atoms with E-state index >= 15 is 0 Å². The molecule has 0 aromatic heterocycles. The summed E-state index contributed by atoms with van der Waals surface area (Å²) in [7, 11) is 0. The van der Waals surface area contributed by atoms with Gasteiger partial charge in [0.05, 0.1) is 12.7 Å². The predicted molar refractivity (Wildman–Crippen MR) is 84.1 cm³/mol. The summed E-state index contributed by atoms with van der Waals surface area (Å²) in [5.74, 6) is 1.54. The molecule has 3 saturated carbocycles. The van der Waals surface area contributed by atoms with Crippen molar-refractivity contribution in [3.8, 4) is 0 Å². The van der Waals surface area contributed by atoms with Gasteiger partial charge in [-0.05, 0) is 73.7 Å². The molecule has 0 aromatic carbocycles. The first kappa shape index (κ1) is 14.9. The van der Waals surface area contributed by atoms with Gasteiger partial charge in [0.15, 0.2) is 5.78 Å². The molecule has 0 heterocycles. The molecule has 0 radical (unpaired) electrons. The number of rotatable bonds is 1. The van der Waals surface area contributed by atoms with Crippen molar-refractivity contribution < 1.29 is 15.0 Å². The zero-order valence-electron chi connectivity index (χ0n) is 13.6. The van der Waals surface area contributed by atoms with Gasteiger partial charge < -0.3 is 10.2 Å². The highest BCUT2D eigenvalue weighted by Crippen LogP contribution is 2.64. The van der Waals surface area contributed by atoms with Crippen molar-refractivity contribution in [2.75, 3.05) is 6.61 Å². The molecule has 0 bridgehead atoms. The van der Waals surface area contributed by atoms with E-state index in [-0.39, 0.29) is 29.3 Å². The first-order chi connectivity index (χ1) is 10.5. The largest absolute Gasteiger partial charge is 0.395 e. The molecule has 3 fully saturated rings. The summed E-state index contributed by atoms with van der Waals surface area (Å²) in [5, 5.41) is 20.7. The van der Waals surface area contributed by atoms with Crippen LogP contribution in [-0.2, 0) is 4.79 Å². The highest BCUT2D eigenvalue weighted by molar-refractivity contribution is 5.98. The Hall–Kier alpha value is -0.670. The third kappa shape index (κ3) is 1.73. The molecule has 0 aliphatic heterocycles. The van der Waals surface area contributed by atoms with Crippen molar-refractivity contribution in [3.63, 3.8) is 0 Å². The number of fused-ring (bicyclic) bond motifs is 5. The standard InChI is InChI=1S/C19H28O3/c1-18-9-7-14-12(13(18)5-6-17(18)22)10-16(21)15-4-2-3-8-19(14,15)11-20/h4,12-14,17,20,22H,2-3,5-11H2,1H3/t12-,13-,14-,17-,18-,19-/m0/s1. The van der Waals surface area contributed by atoms with E-state index in [1.165, 1.54) is 0 Å². The first-order valence-electron chi connectivity index (χ1n) is 9.06. The lowest BCUT2D eigenvalue weighted by atomic mass is 9.47. The quantitative estimate of drug-likeness (QED) is 0.783. The zero-order valence-corrected chi connectivity index (χ0v) is 13.6. The molecule has 4 aliphatic rings. The normalized spacial score (nSPS) is 50.9. The van der Waals surface area contributed by atoms with Gasteiger partial charge in [0.2, 0.25) is 0 Å². The smallest absolute Gasteiger partial charge is 0.159 e. The third-order valence-corrected chi connectivity index (χ3v) is 7.81. The molecule has 4 aliphatic carbocycles. The molecule has 2 N–H and O–H groups in total. The Morgan fingerprint density at radius 2 is 2.05 bits per heavy atom. The van der Waals surface area contributed by atoms with Crippen LogP contribution in [0, 0.1) is 28.6 Å². The minimum absolute atomic E-state index is 0.00598. The molecular formula is C19H28O3. The van der Waals surface area contributed by atoms with Gasteiger partial charge in [0.1, 0.15) is 0 Å². The maximum atomic E-state index is 12.8. The Balaban J connectivity index is 1.76. The highest BCUT2D eigenvalue weighted by Gasteiger charge is 2.61. The van der Waals surface area contributed by atoms with Crippen LogP contribution in [0.25, 0.3) is 0 Å². The van der Waals surface area contributed by atoms with Gasteiger partial charge in [-0.3, -0.25) is 4.79 Å². The SMILES string of the molecule is C[C@]12CC[C@H]3[C@@H](CC(=O)C4=CCCC[C@@]43CO)[C@@H]1CC[C@@H]2O. The van der Waals surface area contributed by atoms with Crippen molar-refractivity contribution in [2.45, 2.75) is 64.4 Å². The van der Waals surface area contributed by atoms with E-state index in [0.29, 0.717) is 24.2 Å². The Bertz CT molecular complexity index is 525. The number of aliphatic hydroxyl groups is 2. The summed E-state index contributed by atoms with van der Waals surface area (Å²) in [5.41, 5.74) is 0.672. The van der Waals surface area contributed by atoms with E-state index in [4.69, 9.17) is 0 Å². The fourth-order valence-corrected chi connectivity index (χ4v) is 6.61. The Morgan fingerprint density at radius 3 is 2.82 bits per heavy atom. The van der Waals surface area contributed by atoms with Crippen LogP contribution in [0.1, 0.15) is 58.3 Å². The molecule has 0 aromatic rings. The van der Waals surface area contributed by atoms with Crippen LogP contribution in [0.3, 0.4) is 0 Å². The number of carbonyl (C=O) groups excluding carboxylic acids is 1. The van der Waals surface area contributed by atoms with Crippen LogP contribution in [0.15, 0.2) is 11.6 Å². The summed E-state index contributed by atoms with van der Waals surface area (Å²) >= 11 is 0. The molecule has 6 atom stereocenters. The summed E-state index contributed by atoms with van der Waals surface area (Å²) in [6.45, 7) is 2.35. The predicted octanol–water partition coefficient (Wildman–Crippen LogP) is 2.85. The van der Waals surface area contributed by atoms with E-state index in [1.807, 2.05) is 0 Å². The summed E-state index contributed by atoms with van der Waals surface area (Å²) in [6.07, 6.45) is 9.63. The first-order valence-corrected chi connectivity index (χ1v) is 9.06. The molecule has 0 spiro atoms. The number of hydrogen-bond acceptors (Lipinski definition) is 3. The van der Waals surface area contributed by atoms with Crippen molar-refractivity contribution in [1.82, 2.24) is 0 Å². The van der Waals surface area contributed by atoms with Crippen LogP contribution in [-0.4, -0.2) is 28.7 Å². The molecule has 0 saturated heterocycles. The average Bonchev–Trinajstić information content (AvgIpc) is 2.83. The van der Waals surface area contributed by atoms with E-state index < -0.39 is 0 Å². The Morgan fingerprint density at radius 1 is 1.23 bits per heavy atom. The maximum absolute atomic E-state index is 12.8. The zero-order chi connectivity index (χ0) is 15.5. The minimum Gasteiger partial charge on any atom is -0.395 e. The monoisotopic (exact) mass is 304 g/mol. The molecule has 22 heavy (non-hydrogen) atoms. The number of ketones is 1. The number of hydrogen-bond donors (Lipinski definition) is 2. The van der Waals surface area contributed by atoms with Gasteiger partial charge in [-0.1, -0.05) is 13.0 Å². The Labute approximate surface area is 132 Å². The molecular weight excluding hydrogens is 276 g/mol. The summed E-state index contributed by atoms with van der Waals surface area (Å²) < 4.78 is 0. The lowest BCUT2D eigenvalue weighted by Gasteiger charge is -2.57. The van der Waals surface area contributed by atoms with E-state index in [1.54, 1.807) is 0 Å². The van der Waals surface area contributed by atoms with Gasteiger partial charge in [-0.15, -0.1) is 0 Å². The number of carbonyl (C=O) groups is 1. The van der Waals surface area contributed by atoms with E-state index in [2.05, 4.69) is 13.0 Å². The second-order valence-electron chi connectivity index (χ2n) is 8.47. The van der Waals surface area contributed by atoms with Crippen LogP contribution >= 0.6 is 0 Å². The highest BCUT2D eigenvalue weighted by atomic mass is 16.3.